The topological polar surface area (TPSA) is 89.9 Å². The van der Waals surface area contributed by atoms with E-state index in [2.05, 4.69) is 5.32 Å². The molecule has 0 aromatic rings. The zero-order valence-corrected chi connectivity index (χ0v) is 10.3. The maximum atomic E-state index is 11.9. The molecular formula is C11H20N2O4. The van der Waals surface area contributed by atoms with E-state index in [1.54, 1.807) is 6.92 Å². The van der Waals surface area contributed by atoms with Gasteiger partial charge in [0.05, 0.1) is 6.61 Å². The van der Waals surface area contributed by atoms with Crippen LogP contribution in [-0.2, 0) is 4.79 Å². The molecule has 1 aliphatic rings. The number of carbonyl (C=O) groups is 2. The molecule has 0 heterocycles. The molecule has 1 fully saturated rings. The van der Waals surface area contributed by atoms with Gasteiger partial charge in [-0.15, -0.1) is 0 Å². The fraction of sp³-hybridized carbons (Fsp3) is 0.818. The molecule has 0 bridgehead atoms. The van der Waals surface area contributed by atoms with Gasteiger partial charge >= 0.3 is 12.0 Å². The van der Waals surface area contributed by atoms with Crippen LogP contribution >= 0.6 is 0 Å². The minimum atomic E-state index is -1.25. The number of aliphatic hydroxyl groups excluding tert-OH is 1. The van der Waals surface area contributed by atoms with Gasteiger partial charge in [0.15, 0.2) is 0 Å². The Balaban J connectivity index is 2.64. The summed E-state index contributed by atoms with van der Waals surface area (Å²) in [6, 6.07) is -0.259. The standard InChI is InChI=1S/C11H20N2O4/c1-3-11(2,9(15)16)12-10(17)13(6-7-14)8-4-5-8/h8,14H,3-7H2,1-2H3,(H,12,17)(H,15,16). The van der Waals surface area contributed by atoms with Crippen LogP contribution in [0.15, 0.2) is 0 Å². The van der Waals surface area contributed by atoms with Crippen molar-refractivity contribution in [3.05, 3.63) is 0 Å². The van der Waals surface area contributed by atoms with Crippen molar-refractivity contribution >= 4 is 12.0 Å². The quantitative estimate of drug-likeness (QED) is 0.631. The zero-order chi connectivity index (χ0) is 13.1. The van der Waals surface area contributed by atoms with Crippen molar-refractivity contribution < 1.29 is 19.8 Å². The number of nitrogens with zero attached hydrogens (tertiary/aromatic N) is 1. The average Bonchev–Trinajstić information content (AvgIpc) is 3.09. The second-order valence-electron chi connectivity index (χ2n) is 4.57. The van der Waals surface area contributed by atoms with E-state index in [-0.39, 0.29) is 19.2 Å². The minimum absolute atomic E-state index is 0.111. The second kappa shape index (κ2) is 5.35. The van der Waals surface area contributed by atoms with E-state index in [1.807, 2.05) is 0 Å². The average molecular weight is 244 g/mol. The number of urea groups is 1. The van der Waals surface area contributed by atoms with E-state index < -0.39 is 17.5 Å². The molecule has 2 amide bonds. The number of aliphatic carboxylic acids is 1. The summed E-state index contributed by atoms with van der Waals surface area (Å²) in [5.74, 6) is -1.05. The first kappa shape index (κ1) is 13.8. The summed E-state index contributed by atoms with van der Waals surface area (Å²) in [5, 5.41) is 20.5. The number of hydrogen-bond donors (Lipinski definition) is 3. The van der Waals surface area contributed by atoms with Gasteiger partial charge in [-0.05, 0) is 26.2 Å². The number of carboxylic acids is 1. The van der Waals surface area contributed by atoms with Crippen LogP contribution in [0.25, 0.3) is 0 Å². The summed E-state index contributed by atoms with van der Waals surface area (Å²) in [6.45, 7) is 3.33. The van der Waals surface area contributed by atoms with Gasteiger partial charge in [-0.25, -0.2) is 9.59 Å². The Hall–Kier alpha value is -1.30. The predicted octanol–water partition coefficient (Wildman–Crippen LogP) is 0.406. The van der Waals surface area contributed by atoms with Gasteiger partial charge in [0.2, 0.25) is 0 Å². The normalized spacial score (nSPS) is 18.3. The molecule has 17 heavy (non-hydrogen) atoms. The van der Waals surface area contributed by atoms with Crippen molar-refractivity contribution in [2.24, 2.45) is 0 Å². The molecule has 98 valence electrons. The lowest BCUT2D eigenvalue weighted by Gasteiger charge is -2.29. The molecule has 1 unspecified atom stereocenters. The van der Waals surface area contributed by atoms with Crippen LogP contribution < -0.4 is 5.32 Å². The molecule has 0 radical (unpaired) electrons. The first-order valence-electron chi connectivity index (χ1n) is 5.87. The van der Waals surface area contributed by atoms with Gasteiger partial charge < -0.3 is 20.4 Å². The zero-order valence-electron chi connectivity index (χ0n) is 10.3. The van der Waals surface area contributed by atoms with E-state index in [0.717, 1.165) is 12.8 Å². The first-order valence-corrected chi connectivity index (χ1v) is 5.87. The third kappa shape index (κ3) is 3.33. The van der Waals surface area contributed by atoms with Crippen LogP contribution in [0.5, 0.6) is 0 Å². The first-order chi connectivity index (χ1) is 7.94. The largest absolute Gasteiger partial charge is 0.480 e. The van der Waals surface area contributed by atoms with E-state index in [0.29, 0.717) is 6.42 Å². The Labute approximate surface area is 101 Å². The molecule has 0 spiro atoms. The number of nitrogens with one attached hydrogen (secondary N) is 1. The van der Waals surface area contributed by atoms with Crippen LogP contribution in [0.1, 0.15) is 33.1 Å². The molecule has 0 aromatic carbocycles. The van der Waals surface area contributed by atoms with Gasteiger partial charge in [0.1, 0.15) is 5.54 Å². The number of rotatable bonds is 6. The third-order valence-electron chi connectivity index (χ3n) is 3.15. The number of aliphatic hydroxyl groups is 1. The molecule has 0 saturated heterocycles. The molecule has 3 N–H and O–H groups in total. The van der Waals surface area contributed by atoms with Crippen LogP contribution in [0.2, 0.25) is 0 Å². The lowest BCUT2D eigenvalue weighted by molar-refractivity contribution is -0.143. The number of carbonyl (C=O) groups excluding carboxylic acids is 1. The molecule has 6 nitrogen and oxygen atoms in total. The third-order valence-corrected chi connectivity index (χ3v) is 3.15. The summed E-state index contributed by atoms with van der Waals surface area (Å²) in [6.07, 6.45) is 2.15. The maximum Gasteiger partial charge on any atom is 0.329 e. The van der Waals surface area contributed by atoms with Gasteiger partial charge in [0, 0.05) is 12.6 Å². The monoisotopic (exact) mass is 244 g/mol. The smallest absolute Gasteiger partial charge is 0.329 e. The fourth-order valence-electron chi connectivity index (χ4n) is 1.54. The molecule has 1 rings (SSSR count). The number of amides is 2. The predicted molar refractivity (Wildman–Crippen MR) is 61.7 cm³/mol. The summed E-state index contributed by atoms with van der Waals surface area (Å²) in [7, 11) is 0. The Bertz CT molecular complexity index is 304. The Kier molecular flexibility index (Phi) is 4.34. The molecule has 0 aromatic heterocycles. The second-order valence-corrected chi connectivity index (χ2v) is 4.57. The molecule has 6 heteroatoms. The van der Waals surface area contributed by atoms with Gasteiger partial charge in [-0.2, -0.15) is 0 Å². The Morgan fingerprint density at radius 3 is 2.41 bits per heavy atom. The lowest BCUT2D eigenvalue weighted by atomic mass is 10.00. The number of carboxylic acid groups (broad SMARTS) is 1. The highest BCUT2D eigenvalue weighted by Gasteiger charge is 2.38. The molecule has 1 aliphatic carbocycles. The summed E-state index contributed by atoms with van der Waals surface area (Å²) >= 11 is 0. The fourth-order valence-corrected chi connectivity index (χ4v) is 1.54. The summed E-state index contributed by atoms with van der Waals surface area (Å²) in [5.41, 5.74) is -1.25. The highest BCUT2D eigenvalue weighted by atomic mass is 16.4. The molecule has 1 saturated carbocycles. The van der Waals surface area contributed by atoms with Gasteiger partial charge in [0.25, 0.3) is 0 Å². The number of hydrogen-bond acceptors (Lipinski definition) is 3. The summed E-state index contributed by atoms with van der Waals surface area (Å²) < 4.78 is 0. The van der Waals surface area contributed by atoms with E-state index in [1.165, 1.54) is 11.8 Å². The highest BCUT2D eigenvalue weighted by Crippen LogP contribution is 2.27. The minimum Gasteiger partial charge on any atom is -0.480 e. The van der Waals surface area contributed by atoms with Crippen LogP contribution in [0.3, 0.4) is 0 Å². The van der Waals surface area contributed by atoms with Crippen molar-refractivity contribution in [3.8, 4) is 0 Å². The van der Waals surface area contributed by atoms with Crippen molar-refractivity contribution in [1.82, 2.24) is 10.2 Å². The SMILES string of the molecule is CCC(C)(NC(=O)N(CCO)C1CC1)C(=O)O. The summed E-state index contributed by atoms with van der Waals surface area (Å²) in [4.78, 5) is 24.5. The van der Waals surface area contributed by atoms with Crippen LogP contribution in [0, 0.1) is 0 Å². The Morgan fingerprint density at radius 1 is 1.47 bits per heavy atom. The molecular weight excluding hydrogens is 224 g/mol. The van der Waals surface area contributed by atoms with Crippen molar-refractivity contribution in [2.75, 3.05) is 13.2 Å². The van der Waals surface area contributed by atoms with Gasteiger partial charge in [-0.1, -0.05) is 6.92 Å². The van der Waals surface area contributed by atoms with E-state index >= 15 is 0 Å². The molecule has 0 aliphatic heterocycles. The van der Waals surface area contributed by atoms with Crippen molar-refractivity contribution in [3.63, 3.8) is 0 Å². The van der Waals surface area contributed by atoms with E-state index in [9.17, 15) is 9.59 Å². The van der Waals surface area contributed by atoms with Crippen LogP contribution in [0.4, 0.5) is 4.79 Å². The molecule has 1 atom stereocenters. The highest BCUT2D eigenvalue weighted by molar-refractivity contribution is 5.86. The van der Waals surface area contributed by atoms with Crippen molar-refractivity contribution in [2.45, 2.75) is 44.7 Å². The van der Waals surface area contributed by atoms with E-state index in [4.69, 9.17) is 10.2 Å². The van der Waals surface area contributed by atoms with Gasteiger partial charge in [-0.3, -0.25) is 0 Å². The van der Waals surface area contributed by atoms with Crippen molar-refractivity contribution in [1.29, 1.82) is 0 Å². The van der Waals surface area contributed by atoms with Crippen LogP contribution in [-0.4, -0.2) is 51.8 Å². The lowest BCUT2D eigenvalue weighted by Crippen LogP contribution is -2.56. The maximum absolute atomic E-state index is 11.9. The Morgan fingerprint density at radius 2 is 2.06 bits per heavy atom.